The van der Waals surface area contributed by atoms with Crippen molar-refractivity contribution >= 4 is 56.9 Å². The number of nitrogens with zero attached hydrogens (tertiary/aromatic N) is 6. The monoisotopic (exact) mass is 822 g/mol. The van der Waals surface area contributed by atoms with Crippen molar-refractivity contribution in [3.8, 4) is 5.75 Å². The van der Waals surface area contributed by atoms with Crippen LogP contribution in [-0.2, 0) is 6.54 Å². The Balaban J connectivity index is 0.000000165. The molecule has 2 fully saturated rings. The second-order valence-electron chi connectivity index (χ2n) is 14.9. The van der Waals surface area contributed by atoms with E-state index in [0.29, 0.717) is 90.5 Å². The molecule has 0 bridgehead atoms. The number of carbonyl (C=O) groups is 2. The number of hydrogen-bond donors (Lipinski definition) is 2. The van der Waals surface area contributed by atoms with Crippen LogP contribution in [0.1, 0.15) is 57.5 Å². The molecule has 4 aliphatic rings. The van der Waals surface area contributed by atoms with Crippen molar-refractivity contribution in [2.75, 3.05) is 75.8 Å². The average molecular weight is 823 g/mol. The number of ether oxygens (including phenoxy) is 1. The summed E-state index contributed by atoms with van der Waals surface area (Å²) in [5.74, 6) is -3.19. The summed E-state index contributed by atoms with van der Waals surface area (Å²) < 4.78 is 49.3. The van der Waals surface area contributed by atoms with Gasteiger partial charge in [-0.2, -0.15) is 0 Å². The van der Waals surface area contributed by atoms with Crippen LogP contribution in [0.25, 0.3) is 21.8 Å². The van der Waals surface area contributed by atoms with Crippen LogP contribution in [0.2, 0.25) is 0 Å². The summed E-state index contributed by atoms with van der Waals surface area (Å²) in [6.45, 7) is 11.4. The Kier molecular flexibility index (Phi) is 10.1. The standard InChI is InChI=1S/C21H20FN3O6S.C18H20FN3O4/c1-10-16(31-21(29)30-10)9-23-3-5-24(6-4-23)15-8-14-12(7-13(15)22)18(26)17(20(27)28)19-25(14)11(2)32-19;1-10-9-26-17-14-11(16(23)12(18(24)25)8-22(10)14)7-13(19)15(17)21-5-3-20(2)4-6-21/h7-8,11H,3-6,9H2,1-2H3,(H,27,28);7-8,10H,3-6,9H2,1-2H3,(H,24,25)/t11-;10-/m10/s1. The van der Waals surface area contributed by atoms with E-state index in [-0.39, 0.29) is 39.9 Å². The van der Waals surface area contributed by atoms with Gasteiger partial charge in [0, 0.05) is 63.9 Å². The molecule has 3 aromatic heterocycles. The number of piperazine rings is 2. The molecule has 2 N–H and O–H groups in total. The lowest BCUT2D eigenvalue weighted by atomic mass is 10.1. The summed E-state index contributed by atoms with van der Waals surface area (Å²) in [6, 6.07) is 3.79. The molecule has 2 aromatic carbocycles. The van der Waals surface area contributed by atoms with Crippen LogP contribution in [0, 0.1) is 18.6 Å². The van der Waals surface area contributed by atoms with Crippen LogP contribution in [0.3, 0.4) is 0 Å². The molecule has 19 heteroatoms. The SMILES string of the molecule is C[C@H]1COc2c(N3CCN(C)CC3)c(F)cc3c(=O)c(C(=O)O)cn1c23.Cc1oc(=O)oc1CN1CCN(c2cc3c(cc2F)c(=O)c(C(=O)O)c2n3[C@@H](C)S2)CC1. The Labute approximate surface area is 332 Å². The quantitative estimate of drug-likeness (QED) is 0.249. The lowest BCUT2D eigenvalue weighted by molar-refractivity contribution is 0.0680. The summed E-state index contributed by atoms with van der Waals surface area (Å²) in [5.41, 5.74) is -0.272. The lowest BCUT2D eigenvalue weighted by Crippen LogP contribution is -2.46. The summed E-state index contributed by atoms with van der Waals surface area (Å²) in [5, 5.41) is 19.3. The number of aryl methyl sites for hydroxylation is 1. The molecule has 5 aromatic rings. The molecule has 9 rings (SSSR count). The maximum atomic E-state index is 15.0. The minimum atomic E-state index is -1.32. The van der Waals surface area contributed by atoms with Gasteiger partial charge in [-0.05, 0) is 46.0 Å². The molecule has 2 atom stereocenters. The number of fused-ring (bicyclic) bond motifs is 3. The van der Waals surface area contributed by atoms with Gasteiger partial charge in [0.2, 0.25) is 10.9 Å². The van der Waals surface area contributed by atoms with Gasteiger partial charge in [-0.3, -0.25) is 14.5 Å². The second-order valence-corrected chi connectivity index (χ2v) is 16.2. The number of benzene rings is 2. The second kappa shape index (κ2) is 14.9. The molecule has 58 heavy (non-hydrogen) atoms. The third-order valence-electron chi connectivity index (χ3n) is 11.2. The highest BCUT2D eigenvalue weighted by Crippen LogP contribution is 2.47. The molecule has 2 saturated heterocycles. The Bertz CT molecular complexity index is 2690. The van der Waals surface area contributed by atoms with Crippen LogP contribution in [0.15, 0.2) is 52.6 Å². The Hall–Kier alpha value is -5.66. The van der Waals surface area contributed by atoms with Gasteiger partial charge in [0.15, 0.2) is 17.3 Å². The van der Waals surface area contributed by atoms with Gasteiger partial charge >= 0.3 is 17.8 Å². The number of carboxylic acid groups (broad SMARTS) is 2. The number of carboxylic acids is 2. The Morgan fingerprint density at radius 3 is 2.16 bits per heavy atom. The average Bonchev–Trinajstić information content (AvgIpc) is 3.49. The van der Waals surface area contributed by atoms with Gasteiger partial charge in [-0.15, -0.1) is 0 Å². The normalized spacial score (nSPS) is 19.3. The molecule has 0 amide bonds. The maximum absolute atomic E-state index is 15.0. The first-order valence-corrected chi connectivity index (χ1v) is 19.6. The number of rotatable bonds is 6. The Morgan fingerprint density at radius 1 is 0.862 bits per heavy atom. The van der Waals surface area contributed by atoms with Gasteiger partial charge in [-0.25, -0.2) is 23.2 Å². The molecular weight excluding hydrogens is 783 g/mol. The summed E-state index contributed by atoms with van der Waals surface area (Å²) in [4.78, 5) is 67.7. The van der Waals surface area contributed by atoms with Gasteiger partial charge in [0.1, 0.15) is 35.0 Å². The van der Waals surface area contributed by atoms with Crippen LogP contribution < -0.4 is 31.2 Å². The number of aromatic carboxylic acids is 2. The summed E-state index contributed by atoms with van der Waals surface area (Å²) in [6.07, 6.45) is 1.34. The minimum Gasteiger partial charge on any atom is -0.487 e. The van der Waals surface area contributed by atoms with Crippen molar-refractivity contribution in [3.05, 3.63) is 89.7 Å². The van der Waals surface area contributed by atoms with E-state index in [1.54, 1.807) is 22.1 Å². The fraction of sp³-hybridized carbons (Fsp3) is 0.410. The zero-order valence-corrected chi connectivity index (χ0v) is 32.9. The Morgan fingerprint density at radius 2 is 1.53 bits per heavy atom. The molecule has 0 aliphatic carbocycles. The minimum absolute atomic E-state index is 0.0434. The molecule has 0 unspecified atom stereocenters. The number of aromatic nitrogens is 2. The van der Waals surface area contributed by atoms with Crippen LogP contribution in [0.5, 0.6) is 5.75 Å². The molecule has 7 heterocycles. The van der Waals surface area contributed by atoms with Crippen molar-refractivity contribution in [1.29, 1.82) is 0 Å². The highest BCUT2D eigenvalue weighted by molar-refractivity contribution is 8.00. The third kappa shape index (κ3) is 6.69. The van der Waals surface area contributed by atoms with Crippen molar-refractivity contribution in [1.82, 2.24) is 18.9 Å². The van der Waals surface area contributed by atoms with Crippen molar-refractivity contribution in [2.45, 2.75) is 43.8 Å². The number of halogens is 2. The van der Waals surface area contributed by atoms with E-state index in [0.717, 1.165) is 25.2 Å². The first-order valence-electron chi connectivity index (χ1n) is 18.7. The first kappa shape index (κ1) is 39.2. The van der Waals surface area contributed by atoms with Crippen molar-refractivity contribution < 1.29 is 42.2 Å². The van der Waals surface area contributed by atoms with Crippen LogP contribution >= 0.6 is 11.8 Å². The topological polar surface area (TPSA) is 184 Å². The van der Waals surface area contributed by atoms with Crippen LogP contribution in [-0.4, -0.2) is 107 Å². The predicted octanol–water partition coefficient (Wildman–Crippen LogP) is 4.18. The van der Waals surface area contributed by atoms with Crippen molar-refractivity contribution in [2.24, 2.45) is 0 Å². The van der Waals surface area contributed by atoms with Crippen molar-refractivity contribution in [3.63, 3.8) is 0 Å². The van der Waals surface area contributed by atoms with E-state index in [1.807, 2.05) is 30.7 Å². The van der Waals surface area contributed by atoms with E-state index in [4.69, 9.17) is 13.6 Å². The molecule has 0 saturated carbocycles. The number of likely N-dealkylation sites (N-methyl/N-ethyl adjacent to an activating group) is 1. The first-order chi connectivity index (χ1) is 27.6. The molecule has 4 aliphatic heterocycles. The van der Waals surface area contributed by atoms with E-state index >= 15 is 4.39 Å². The largest absolute Gasteiger partial charge is 0.519 e. The number of anilines is 2. The maximum Gasteiger partial charge on any atom is 0.519 e. The van der Waals surface area contributed by atoms with E-state index in [1.165, 1.54) is 18.0 Å². The van der Waals surface area contributed by atoms with Gasteiger partial charge in [0.05, 0.1) is 45.1 Å². The smallest absolute Gasteiger partial charge is 0.487 e. The van der Waals surface area contributed by atoms with Crippen LogP contribution in [0.4, 0.5) is 20.2 Å². The lowest BCUT2D eigenvalue weighted by Gasteiger charge is -2.37. The molecule has 16 nitrogen and oxygen atoms in total. The zero-order chi connectivity index (χ0) is 41.3. The molecule has 0 spiro atoms. The highest BCUT2D eigenvalue weighted by atomic mass is 32.2. The summed E-state index contributed by atoms with van der Waals surface area (Å²) in [7, 11) is 2.02. The van der Waals surface area contributed by atoms with E-state index in [9.17, 15) is 38.6 Å². The number of pyridine rings is 2. The van der Waals surface area contributed by atoms with Gasteiger partial charge in [0.25, 0.3) is 0 Å². The zero-order valence-electron chi connectivity index (χ0n) is 32.0. The predicted molar refractivity (Wildman–Crippen MR) is 210 cm³/mol. The van der Waals surface area contributed by atoms with Gasteiger partial charge < -0.3 is 47.6 Å². The molecule has 306 valence electrons. The van der Waals surface area contributed by atoms with E-state index in [2.05, 4.69) is 9.80 Å². The molecule has 0 radical (unpaired) electrons. The van der Waals surface area contributed by atoms with Gasteiger partial charge in [-0.1, -0.05) is 11.8 Å². The fourth-order valence-corrected chi connectivity index (χ4v) is 9.18. The number of hydrogen-bond acceptors (Lipinski definition) is 13. The number of thioether (sulfide) groups is 1. The third-order valence-corrected chi connectivity index (χ3v) is 12.4. The fourth-order valence-electron chi connectivity index (χ4n) is 8.02. The summed E-state index contributed by atoms with van der Waals surface area (Å²) >= 11 is 1.32. The highest BCUT2D eigenvalue weighted by Gasteiger charge is 2.34. The van der Waals surface area contributed by atoms with E-state index < -0.39 is 40.3 Å². The molecular formula is C39H40F2N6O10S.